The van der Waals surface area contributed by atoms with Gasteiger partial charge in [-0.15, -0.1) is 0 Å². The van der Waals surface area contributed by atoms with Gasteiger partial charge in [0.05, 0.1) is 12.5 Å². The van der Waals surface area contributed by atoms with Crippen molar-refractivity contribution >= 4 is 17.8 Å². The van der Waals surface area contributed by atoms with Gasteiger partial charge in [0.1, 0.15) is 6.04 Å². The van der Waals surface area contributed by atoms with Crippen molar-refractivity contribution in [3.8, 4) is 0 Å². The minimum Gasteiger partial charge on any atom is -0.480 e. The molecule has 2 atom stereocenters. The minimum absolute atomic E-state index is 0.0640. The molecule has 2 aliphatic rings. The summed E-state index contributed by atoms with van der Waals surface area (Å²) in [6.07, 6.45) is 2.92. The maximum Gasteiger partial charge on any atom is 0.320 e. The number of carboxylic acids is 1. The van der Waals surface area contributed by atoms with Crippen molar-refractivity contribution in [1.82, 2.24) is 9.80 Å². The molecule has 1 N–H and O–H groups in total. The van der Waals surface area contributed by atoms with Gasteiger partial charge < -0.3 is 5.11 Å². The quantitative estimate of drug-likeness (QED) is 0.756. The van der Waals surface area contributed by atoms with E-state index in [4.69, 9.17) is 0 Å². The first-order valence-electron chi connectivity index (χ1n) is 7.35. The fourth-order valence-electron chi connectivity index (χ4n) is 3.36. The van der Waals surface area contributed by atoms with Gasteiger partial charge in [-0.2, -0.15) is 0 Å². The number of nitrogens with zero attached hydrogens (tertiary/aromatic N) is 2. The molecule has 6 nitrogen and oxygen atoms in total. The lowest BCUT2D eigenvalue weighted by Gasteiger charge is -2.28. The topological polar surface area (TPSA) is 77.9 Å². The molecule has 2 amide bonds. The summed E-state index contributed by atoms with van der Waals surface area (Å²) in [6, 6.07) is -1.27. The van der Waals surface area contributed by atoms with E-state index in [-0.39, 0.29) is 24.3 Å². The number of rotatable bonds is 5. The number of carboxylic acid groups (broad SMARTS) is 1. The van der Waals surface area contributed by atoms with Crippen molar-refractivity contribution in [2.24, 2.45) is 0 Å². The van der Waals surface area contributed by atoms with E-state index < -0.39 is 18.1 Å². The molecule has 0 aliphatic carbocycles. The maximum atomic E-state index is 12.5. The highest BCUT2D eigenvalue weighted by Crippen LogP contribution is 2.29. The van der Waals surface area contributed by atoms with E-state index in [1.165, 1.54) is 4.90 Å². The van der Waals surface area contributed by atoms with Gasteiger partial charge >= 0.3 is 5.97 Å². The lowest BCUT2D eigenvalue weighted by molar-refractivity contribution is -0.145. The van der Waals surface area contributed by atoms with E-state index in [2.05, 4.69) is 0 Å². The van der Waals surface area contributed by atoms with Gasteiger partial charge in [-0.3, -0.25) is 24.2 Å². The molecule has 0 spiro atoms. The predicted molar refractivity (Wildman–Crippen MR) is 72.0 cm³/mol. The monoisotopic (exact) mass is 282 g/mol. The Morgan fingerprint density at radius 1 is 1.35 bits per heavy atom. The van der Waals surface area contributed by atoms with Crippen LogP contribution in [0.2, 0.25) is 0 Å². The number of carbonyl (C=O) groups is 3. The first-order valence-corrected chi connectivity index (χ1v) is 7.35. The van der Waals surface area contributed by atoms with Gasteiger partial charge in [-0.25, -0.2) is 0 Å². The molecule has 2 fully saturated rings. The lowest BCUT2D eigenvalue weighted by Crippen LogP contribution is -2.48. The number of imide groups is 1. The first kappa shape index (κ1) is 15.0. The molecule has 0 aromatic heterocycles. The number of hydrogen-bond acceptors (Lipinski definition) is 4. The van der Waals surface area contributed by atoms with Crippen LogP contribution in [0.25, 0.3) is 0 Å². The van der Waals surface area contributed by atoms with E-state index in [1.807, 2.05) is 13.8 Å². The summed E-state index contributed by atoms with van der Waals surface area (Å²) in [7, 11) is 0. The molecule has 2 rings (SSSR count). The van der Waals surface area contributed by atoms with E-state index in [0.29, 0.717) is 13.0 Å². The zero-order chi connectivity index (χ0) is 14.9. The van der Waals surface area contributed by atoms with Crippen LogP contribution in [-0.2, 0) is 14.4 Å². The van der Waals surface area contributed by atoms with Crippen LogP contribution in [0.3, 0.4) is 0 Å². The molecule has 0 bridgehead atoms. The van der Waals surface area contributed by atoms with Gasteiger partial charge in [-0.1, -0.05) is 13.8 Å². The molecule has 0 radical (unpaired) electrons. The van der Waals surface area contributed by atoms with Gasteiger partial charge in [0, 0.05) is 6.04 Å². The molecule has 2 saturated heterocycles. The van der Waals surface area contributed by atoms with Gasteiger partial charge in [0.25, 0.3) is 0 Å². The van der Waals surface area contributed by atoms with Crippen molar-refractivity contribution in [3.05, 3.63) is 0 Å². The van der Waals surface area contributed by atoms with Crippen LogP contribution in [0.4, 0.5) is 0 Å². The third-order valence-corrected chi connectivity index (χ3v) is 4.45. The average Bonchev–Trinajstić information content (AvgIpc) is 2.99. The molecule has 2 heterocycles. The standard InChI is InChI=1S/C14H22N2O4/c1-3-9(4-2)16-12(17)8-11(13(16)18)15-7-5-6-10(15)14(19)20/h9-11H,3-8H2,1-2H3,(H,19,20). The summed E-state index contributed by atoms with van der Waals surface area (Å²) in [5, 5.41) is 9.21. The maximum absolute atomic E-state index is 12.5. The number of likely N-dealkylation sites (tertiary alicyclic amines) is 2. The third kappa shape index (κ3) is 2.44. The van der Waals surface area contributed by atoms with E-state index in [9.17, 15) is 19.5 Å². The SMILES string of the molecule is CCC(CC)N1C(=O)CC(N2CCCC2C(=O)O)C1=O. The molecule has 0 aromatic carbocycles. The highest BCUT2D eigenvalue weighted by molar-refractivity contribution is 6.06. The number of hydrogen-bond donors (Lipinski definition) is 1. The van der Waals surface area contributed by atoms with Crippen LogP contribution in [0.1, 0.15) is 46.0 Å². The van der Waals surface area contributed by atoms with Gasteiger partial charge in [0.15, 0.2) is 0 Å². The average molecular weight is 282 g/mol. The second kappa shape index (κ2) is 5.91. The fraction of sp³-hybridized carbons (Fsp3) is 0.786. The number of aliphatic carboxylic acids is 1. The predicted octanol–water partition coefficient (Wildman–Crippen LogP) is 0.851. The molecule has 112 valence electrons. The second-order valence-electron chi connectivity index (χ2n) is 5.53. The van der Waals surface area contributed by atoms with E-state index in [0.717, 1.165) is 19.3 Å². The first-order chi connectivity index (χ1) is 9.51. The largest absolute Gasteiger partial charge is 0.480 e. The van der Waals surface area contributed by atoms with Crippen LogP contribution < -0.4 is 0 Å². The van der Waals surface area contributed by atoms with Crippen LogP contribution in [0, 0.1) is 0 Å². The van der Waals surface area contributed by atoms with Crippen LogP contribution in [0.5, 0.6) is 0 Å². The van der Waals surface area contributed by atoms with Crippen molar-refractivity contribution in [1.29, 1.82) is 0 Å². The molecular weight excluding hydrogens is 260 g/mol. The summed E-state index contributed by atoms with van der Waals surface area (Å²) in [5.74, 6) is -1.27. The Labute approximate surface area is 118 Å². The number of amides is 2. The van der Waals surface area contributed by atoms with Crippen molar-refractivity contribution < 1.29 is 19.5 Å². The summed E-state index contributed by atoms with van der Waals surface area (Å²) in [6.45, 7) is 4.49. The summed E-state index contributed by atoms with van der Waals surface area (Å²) >= 11 is 0. The Morgan fingerprint density at radius 2 is 2.00 bits per heavy atom. The molecule has 2 aliphatic heterocycles. The van der Waals surface area contributed by atoms with E-state index >= 15 is 0 Å². The lowest BCUT2D eigenvalue weighted by atomic mass is 10.1. The Hall–Kier alpha value is -1.43. The molecule has 20 heavy (non-hydrogen) atoms. The molecular formula is C14H22N2O4. The van der Waals surface area contributed by atoms with E-state index in [1.54, 1.807) is 4.90 Å². The smallest absolute Gasteiger partial charge is 0.320 e. The van der Waals surface area contributed by atoms with Crippen molar-refractivity contribution in [2.75, 3.05) is 6.54 Å². The highest BCUT2D eigenvalue weighted by Gasteiger charge is 2.48. The highest BCUT2D eigenvalue weighted by atomic mass is 16.4. The summed E-state index contributed by atoms with van der Waals surface area (Å²) in [4.78, 5) is 38.9. The molecule has 0 aromatic rings. The zero-order valence-electron chi connectivity index (χ0n) is 12.0. The Morgan fingerprint density at radius 3 is 2.55 bits per heavy atom. The van der Waals surface area contributed by atoms with Crippen LogP contribution in [0.15, 0.2) is 0 Å². The Bertz CT molecular complexity index is 419. The van der Waals surface area contributed by atoms with Crippen molar-refractivity contribution in [3.63, 3.8) is 0 Å². The summed E-state index contributed by atoms with van der Waals surface area (Å²) < 4.78 is 0. The Balaban J connectivity index is 2.17. The molecule has 2 unspecified atom stereocenters. The fourth-order valence-corrected chi connectivity index (χ4v) is 3.36. The third-order valence-electron chi connectivity index (χ3n) is 4.45. The molecule has 6 heteroatoms. The Kier molecular flexibility index (Phi) is 4.42. The normalized spacial score (nSPS) is 27.9. The minimum atomic E-state index is -0.899. The number of carbonyl (C=O) groups excluding carboxylic acids is 2. The van der Waals surface area contributed by atoms with Crippen LogP contribution in [-0.4, -0.2) is 57.4 Å². The molecule has 0 saturated carbocycles. The van der Waals surface area contributed by atoms with Crippen LogP contribution >= 0.6 is 0 Å². The second-order valence-corrected chi connectivity index (χ2v) is 5.53. The summed E-state index contributed by atoms with van der Waals surface area (Å²) in [5.41, 5.74) is 0. The van der Waals surface area contributed by atoms with Gasteiger partial charge in [0.2, 0.25) is 11.8 Å². The van der Waals surface area contributed by atoms with Crippen molar-refractivity contribution in [2.45, 2.75) is 64.1 Å². The zero-order valence-corrected chi connectivity index (χ0v) is 12.0. The van der Waals surface area contributed by atoms with Gasteiger partial charge in [-0.05, 0) is 32.2 Å².